The number of nitrogens with one attached hydrogen (secondary N) is 1. The number of cyclic esters (lactones) is 1. The predicted octanol–water partition coefficient (Wildman–Crippen LogP) is 1.75. The van der Waals surface area contributed by atoms with Crippen molar-refractivity contribution in [2.75, 3.05) is 39.8 Å². The molecule has 0 aliphatic carbocycles. The molecule has 1 amide bonds. The van der Waals surface area contributed by atoms with Crippen molar-refractivity contribution in [1.82, 2.24) is 20.0 Å². The molecule has 3 aliphatic heterocycles. The monoisotopic (exact) mass is 404 g/mol. The van der Waals surface area contributed by atoms with E-state index in [0.29, 0.717) is 44.8 Å². The molecule has 0 radical (unpaired) electrons. The number of carbonyl (C=O) groups excluding carboxylic acids is 2. The standard InChI is InChI=1S/C21H32N4O4/c1-3-4-8-24(2)13-15-12-21(20(27)29-15)6-9-25(10-7-21)19(26)18-16-14-28-11-5-17(16)22-23-18/h15H,3-14H2,1-2H3,(H,22,23). The molecule has 1 aromatic heterocycles. The lowest BCUT2D eigenvalue weighted by molar-refractivity contribution is -0.150. The Bertz CT molecular complexity index is 754. The second kappa shape index (κ2) is 8.44. The summed E-state index contributed by atoms with van der Waals surface area (Å²) in [6, 6.07) is 0. The SMILES string of the molecule is CCCCN(C)CC1CC2(CCN(C(=O)c3n[nH]c4c3COCC4)CC2)C(=O)O1. The number of likely N-dealkylation sites (tertiary alicyclic amines) is 1. The lowest BCUT2D eigenvalue weighted by Gasteiger charge is -2.36. The molecule has 0 bridgehead atoms. The molecule has 29 heavy (non-hydrogen) atoms. The van der Waals surface area contributed by atoms with Crippen LogP contribution in [0.15, 0.2) is 0 Å². The maximum atomic E-state index is 13.0. The van der Waals surface area contributed by atoms with Gasteiger partial charge in [-0.05, 0) is 32.9 Å². The van der Waals surface area contributed by atoms with Crippen molar-refractivity contribution in [3.05, 3.63) is 17.0 Å². The van der Waals surface area contributed by atoms with Gasteiger partial charge in [-0.1, -0.05) is 13.3 Å². The van der Waals surface area contributed by atoms with E-state index in [4.69, 9.17) is 9.47 Å². The number of H-pyrrole nitrogens is 1. The molecule has 0 aromatic carbocycles. The molecule has 4 heterocycles. The molecular weight excluding hydrogens is 372 g/mol. The fourth-order valence-electron chi connectivity index (χ4n) is 4.79. The highest BCUT2D eigenvalue weighted by molar-refractivity contribution is 5.94. The summed E-state index contributed by atoms with van der Waals surface area (Å²) in [5, 5.41) is 7.24. The van der Waals surface area contributed by atoms with Crippen LogP contribution in [0.5, 0.6) is 0 Å². The summed E-state index contributed by atoms with van der Waals surface area (Å²) in [4.78, 5) is 29.7. The molecule has 1 spiro atoms. The molecule has 4 rings (SSSR count). The van der Waals surface area contributed by atoms with Crippen LogP contribution in [0.2, 0.25) is 0 Å². The van der Waals surface area contributed by atoms with Crippen LogP contribution in [0.4, 0.5) is 0 Å². The summed E-state index contributed by atoms with van der Waals surface area (Å²) >= 11 is 0. The van der Waals surface area contributed by atoms with Crippen molar-refractivity contribution in [2.24, 2.45) is 5.41 Å². The Labute approximate surface area is 171 Å². The van der Waals surface area contributed by atoms with Gasteiger partial charge in [0.15, 0.2) is 5.69 Å². The van der Waals surface area contributed by atoms with Gasteiger partial charge in [0.25, 0.3) is 5.91 Å². The minimum atomic E-state index is -0.429. The number of amides is 1. The van der Waals surface area contributed by atoms with Crippen molar-refractivity contribution in [3.63, 3.8) is 0 Å². The van der Waals surface area contributed by atoms with Crippen LogP contribution in [0.1, 0.15) is 60.8 Å². The van der Waals surface area contributed by atoms with Gasteiger partial charge in [0.05, 0.1) is 18.6 Å². The van der Waals surface area contributed by atoms with Gasteiger partial charge in [0.2, 0.25) is 0 Å². The fourth-order valence-corrected chi connectivity index (χ4v) is 4.79. The first-order valence-electron chi connectivity index (χ1n) is 10.8. The Morgan fingerprint density at radius 2 is 2.17 bits per heavy atom. The minimum absolute atomic E-state index is 0.0397. The van der Waals surface area contributed by atoms with Gasteiger partial charge in [0, 0.05) is 43.7 Å². The van der Waals surface area contributed by atoms with E-state index < -0.39 is 5.41 Å². The average molecular weight is 405 g/mol. The Kier molecular flexibility index (Phi) is 5.92. The van der Waals surface area contributed by atoms with Gasteiger partial charge >= 0.3 is 5.97 Å². The van der Waals surface area contributed by atoms with Crippen LogP contribution in [-0.2, 0) is 27.3 Å². The van der Waals surface area contributed by atoms with Crippen molar-refractivity contribution < 1.29 is 19.1 Å². The number of aromatic amines is 1. The molecule has 1 aromatic rings. The molecule has 2 saturated heterocycles. The zero-order chi connectivity index (χ0) is 20.4. The first-order valence-corrected chi connectivity index (χ1v) is 10.8. The number of carbonyl (C=O) groups is 2. The molecule has 2 fully saturated rings. The normalized spacial score (nSPS) is 23.5. The van der Waals surface area contributed by atoms with Crippen molar-refractivity contribution in [1.29, 1.82) is 0 Å². The molecule has 160 valence electrons. The largest absolute Gasteiger partial charge is 0.461 e. The molecule has 1 N–H and O–H groups in total. The van der Waals surface area contributed by atoms with Gasteiger partial charge in [-0.15, -0.1) is 0 Å². The maximum absolute atomic E-state index is 13.0. The van der Waals surface area contributed by atoms with Gasteiger partial charge in [-0.3, -0.25) is 14.7 Å². The van der Waals surface area contributed by atoms with Crippen molar-refractivity contribution in [2.45, 2.75) is 58.2 Å². The Balaban J connectivity index is 1.34. The third kappa shape index (κ3) is 4.05. The highest BCUT2D eigenvalue weighted by atomic mass is 16.6. The second-order valence-electron chi connectivity index (χ2n) is 8.75. The molecule has 1 atom stereocenters. The van der Waals surface area contributed by atoms with Crippen molar-refractivity contribution >= 4 is 11.9 Å². The Morgan fingerprint density at radius 3 is 2.93 bits per heavy atom. The number of ether oxygens (including phenoxy) is 2. The number of nitrogens with zero attached hydrogens (tertiary/aromatic N) is 3. The number of likely N-dealkylation sites (N-methyl/N-ethyl adjacent to an activating group) is 1. The maximum Gasteiger partial charge on any atom is 0.312 e. The van der Waals surface area contributed by atoms with E-state index in [2.05, 4.69) is 29.1 Å². The Hall–Kier alpha value is -1.93. The van der Waals surface area contributed by atoms with Crippen molar-refractivity contribution in [3.8, 4) is 0 Å². The first-order chi connectivity index (χ1) is 14.0. The van der Waals surface area contributed by atoms with E-state index in [1.807, 2.05) is 4.90 Å². The van der Waals surface area contributed by atoms with E-state index in [0.717, 1.165) is 50.0 Å². The smallest absolute Gasteiger partial charge is 0.312 e. The number of fused-ring (bicyclic) bond motifs is 1. The third-order valence-corrected chi connectivity index (χ3v) is 6.64. The number of rotatable bonds is 6. The number of piperidine rings is 1. The lowest BCUT2D eigenvalue weighted by atomic mass is 9.76. The van der Waals surface area contributed by atoms with Crippen LogP contribution < -0.4 is 0 Å². The van der Waals surface area contributed by atoms with Gasteiger partial charge in [-0.25, -0.2) is 0 Å². The third-order valence-electron chi connectivity index (χ3n) is 6.64. The number of unbranched alkanes of at least 4 members (excludes halogenated alkanes) is 1. The van der Waals surface area contributed by atoms with Gasteiger partial charge in [0.1, 0.15) is 6.10 Å². The van der Waals surface area contributed by atoms with E-state index in [1.54, 1.807) is 0 Å². The number of hydrogen-bond donors (Lipinski definition) is 1. The summed E-state index contributed by atoms with van der Waals surface area (Å²) in [5.41, 5.74) is 1.93. The lowest BCUT2D eigenvalue weighted by Crippen LogP contribution is -2.45. The van der Waals surface area contributed by atoms with Crippen LogP contribution in [0, 0.1) is 5.41 Å². The van der Waals surface area contributed by atoms with E-state index in [9.17, 15) is 9.59 Å². The highest BCUT2D eigenvalue weighted by Crippen LogP contribution is 2.43. The summed E-state index contributed by atoms with van der Waals surface area (Å²) in [7, 11) is 2.09. The minimum Gasteiger partial charge on any atom is -0.461 e. The summed E-state index contributed by atoms with van der Waals surface area (Å²) in [5.74, 6) is -0.144. The molecule has 1 unspecified atom stereocenters. The quantitative estimate of drug-likeness (QED) is 0.727. The molecule has 8 heteroatoms. The highest BCUT2D eigenvalue weighted by Gasteiger charge is 2.51. The molecular formula is C21H32N4O4. The topological polar surface area (TPSA) is 87.8 Å². The number of hydrogen-bond acceptors (Lipinski definition) is 6. The van der Waals surface area contributed by atoms with E-state index in [1.165, 1.54) is 0 Å². The molecule has 8 nitrogen and oxygen atoms in total. The zero-order valence-corrected chi connectivity index (χ0v) is 17.5. The Morgan fingerprint density at radius 1 is 1.38 bits per heavy atom. The van der Waals surface area contributed by atoms with Crippen LogP contribution in [0.25, 0.3) is 0 Å². The van der Waals surface area contributed by atoms with Gasteiger partial charge < -0.3 is 19.3 Å². The molecule has 3 aliphatic rings. The van der Waals surface area contributed by atoms with Crippen LogP contribution in [-0.4, -0.2) is 77.8 Å². The van der Waals surface area contributed by atoms with E-state index in [-0.39, 0.29) is 18.0 Å². The fraction of sp³-hybridized carbons (Fsp3) is 0.762. The predicted molar refractivity (Wildman–Crippen MR) is 106 cm³/mol. The summed E-state index contributed by atoms with van der Waals surface area (Å²) in [6.07, 6.45) is 5.12. The number of esters is 1. The van der Waals surface area contributed by atoms with Crippen LogP contribution in [0.3, 0.4) is 0 Å². The number of aromatic nitrogens is 2. The van der Waals surface area contributed by atoms with Gasteiger partial charge in [-0.2, -0.15) is 5.10 Å². The average Bonchev–Trinajstić information content (AvgIpc) is 3.28. The zero-order valence-electron chi connectivity index (χ0n) is 17.5. The summed E-state index contributed by atoms with van der Waals surface area (Å²) in [6.45, 7) is 6.21. The van der Waals surface area contributed by atoms with E-state index >= 15 is 0 Å². The van der Waals surface area contributed by atoms with Crippen LogP contribution >= 0.6 is 0 Å². The first kappa shape index (κ1) is 20.3. The summed E-state index contributed by atoms with van der Waals surface area (Å²) < 4.78 is 11.2. The molecule has 0 saturated carbocycles. The second-order valence-corrected chi connectivity index (χ2v) is 8.75.